The molecule has 1 N–H and O–H groups in total. The van der Waals surface area contributed by atoms with Crippen LogP contribution in [0.3, 0.4) is 0 Å². The van der Waals surface area contributed by atoms with Crippen molar-refractivity contribution in [2.24, 2.45) is 0 Å². The van der Waals surface area contributed by atoms with E-state index in [4.69, 9.17) is 11.6 Å². The number of carbonyl (C=O) groups excluding carboxylic acids is 1. The summed E-state index contributed by atoms with van der Waals surface area (Å²) in [5.74, 6) is -0.504. The highest BCUT2D eigenvalue weighted by Gasteiger charge is 2.22. The van der Waals surface area contributed by atoms with Gasteiger partial charge in [0.1, 0.15) is 0 Å². The Balaban J connectivity index is 1.94. The standard InChI is InChI=1S/C14H18ClFN2O/c1-10-5-2-3-8-18(10)13(19)9-17-12-7-4-6-11(15)14(12)16/h4,6-7,10,17H,2-3,5,8-9H2,1H3. The predicted octanol–water partition coefficient (Wildman–Crippen LogP) is 3.29. The third-order valence-corrected chi connectivity index (χ3v) is 3.80. The monoisotopic (exact) mass is 284 g/mol. The quantitative estimate of drug-likeness (QED) is 0.924. The fourth-order valence-corrected chi connectivity index (χ4v) is 2.56. The second-order valence-electron chi connectivity index (χ2n) is 4.89. The molecular formula is C14H18ClFN2O. The number of nitrogens with zero attached hydrogens (tertiary/aromatic N) is 1. The Morgan fingerprint density at radius 2 is 2.32 bits per heavy atom. The van der Waals surface area contributed by atoms with Gasteiger partial charge in [-0.15, -0.1) is 0 Å². The summed E-state index contributed by atoms with van der Waals surface area (Å²) in [6.07, 6.45) is 3.25. The van der Waals surface area contributed by atoms with E-state index >= 15 is 0 Å². The Morgan fingerprint density at radius 1 is 1.53 bits per heavy atom. The van der Waals surface area contributed by atoms with Crippen molar-refractivity contribution in [2.75, 3.05) is 18.4 Å². The molecule has 0 aliphatic carbocycles. The predicted molar refractivity (Wildman–Crippen MR) is 74.9 cm³/mol. The van der Waals surface area contributed by atoms with Gasteiger partial charge in [-0.1, -0.05) is 17.7 Å². The summed E-state index contributed by atoms with van der Waals surface area (Å²) in [5.41, 5.74) is 0.269. The van der Waals surface area contributed by atoms with Gasteiger partial charge >= 0.3 is 0 Å². The van der Waals surface area contributed by atoms with Gasteiger partial charge < -0.3 is 10.2 Å². The molecule has 5 heteroatoms. The van der Waals surface area contributed by atoms with Crippen LogP contribution in [0.15, 0.2) is 18.2 Å². The van der Waals surface area contributed by atoms with Crippen molar-refractivity contribution in [2.45, 2.75) is 32.2 Å². The lowest BCUT2D eigenvalue weighted by molar-refractivity contribution is -0.132. The minimum Gasteiger partial charge on any atom is -0.374 e. The summed E-state index contributed by atoms with van der Waals surface area (Å²) >= 11 is 5.69. The summed E-state index contributed by atoms with van der Waals surface area (Å²) in [7, 11) is 0. The van der Waals surface area contributed by atoms with Crippen molar-refractivity contribution in [1.29, 1.82) is 0 Å². The lowest BCUT2D eigenvalue weighted by Crippen LogP contribution is -2.44. The fraction of sp³-hybridized carbons (Fsp3) is 0.500. The van der Waals surface area contributed by atoms with Crippen LogP contribution in [0, 0.1) is 5.82 Å². The molecule has 1 heterocycles. The van der Waals surface area contributed by atoms with Gasteiger partial charge in [-0.3, -0.25) is 4.79 Å². The van der Waals surface area contributed by atoms with Gasteiger partial charge in [0.05, 0.1) is 17.3 Å². The first-order valence-corrected chi connectivity index (χ1v) is 6.94. The summed E-state index contributed by atoms with van der Waals surface area (Å²) in [6, 6.07) is 4.99. The molecule has 1 unspecified atom stereocenters. The van der Waals surface area contributed by atoms with Crippen LogP contribution in [0.4, 0.5) is 10.1 Å². The lowest BCUT2D eigenvalue weighted by atomic mass is 10.0. The van der Waals surface area contributed by atoms with Gasteiger partial charge in [-0.05, 0) is 38.3 Å². The molecule has 1 aliphatic heterocycles. The summed E-state index contributed by atoms with van der Waals surface area (Å²) < 4.78 is 13.7. The van der Waals surface area contributed by atoms with Crippen molar-refractivity contribution in [3.63, 3.8) is 0 Å². The van der Waals surface area contributed by atoms with Gasteiger partial charge in [0, 0.05) is 12.6 Å². The first kappa shape index (κ1) is 14.1. The Labute approximate surface area is 117 Å². The van der Waals surface area contributed by atoms with Crippen LogP contribution in [0.5, 0.6) is 0 Å². The first-order valence-electron chi connectivity index (χ1n) is 6.57. The minimum atomic E-state index is -0.511. The number of piperidine rings is 1. The molecule has 0 radical (unpaired) electrons. The highest BCUT2D eigenvalue weighted by atomic mass is 35.5. The van der Waals surface area contributed by atoms with Crippen molar-refractivity contribution in [3.8, 4) is 0 Å². The molecule has 19 heavy (non-hydrogen) atoms. The van der Waals surface area contributed by atoms with Crippen molar-refractivity contribution >= 4 is 23.2 Å². The minimum absolute atomic E-state index is 0.00609. The molecule has 1 aromatic rings. The number of hydrogen-bond acceptors (Lipinski definition) is 2. The highest BCUT2D eigenvalue weighted by molar-refractivity contribution is 6.31. The Hall–Kier alpha value is -1.29. The van der Waals surface area contributed by atoms with E-state index in [2.05, 4.69) is 12.2 Å². The second kappa shape index (κ2) is 6.24. The maximum absolute atomic E-state index is 13.7. The van der Waals surface area contributed by atoms with Crippen LogP contribution in [0.1, 0.15) is 26.2 Å². The van der Waals surface area contributed by atoms with Crippen LogP contribution in [0.25, 0.3) is 0 Å². The summed E-state index contributed by atoms with van der Waals surface area (Å²) in [6.45, 7) is 2.94. The topological polar surface area (TPSA) is 32.3 Å². The zero-order chi connectivity index (χ0) is 13.8. The molecule has 2 rings (SSSR count). The van der Waals surface area contributed by atoms with Crippen LogP contribution < -0.4 is 5.32 Å². The van der Waals surface area contributed by atoms with Gasteiger partial charge in [-0.2, -0.15) is 0 Å². The zero-order valence-corrected chi connectivity index (χ0v) is 11.7. The van der Waals surface area contributed by atoms with E-state index in [1.54, 1.807) is 12.1 Å². The number of halogens is 2. The van der Waals surface area contributed by atoms with Gasteiger partial charge in [0.15, 0.2) is 5.82 Å². The molecule has 0 saturated carbocycles. The number of rotatable bonds is 3. The van der Waals surface area contributed by atoms with E-state index in [-0.39, 0.29) is 29.2 Å². The van der Waals surface area contributed by atoms with Crippen molar-refractivity contribution < 1.29 is 9.18 Å². The summed E-state index contributed by atoms with van der Waals surface area (Å²) in [4.78, 5) is 13.9. The normalized spacial score (nSPS) is 19.3. The third kappa shape index (κ3) is 3.38. The third-order valence-electron chi connectivity index (χ3n) is 3.50. The zero-order valence-electron chi connectivity index (χ0n) is 11.0. The van der Waals surface area contributed by atoms with E-state index in [9.17, 15) is 9.18 Å². The molecule has 1 fully saturated rings. The highest BCUT2D eigenvalue weighted by Crippen LogP contribution is 2.22. The molecule has 1 saturated heterocycles. The van der Waals surface area contributed by atoms with Crippen molar-refractivity contribution in [1.82, 2.24) is 4.90 Å². The number of likely N-dealkylation sites (tertiary alicyclic amines) is 1. The fourth-order valence-electron chi connectivity index (χ4n) is 2.38. The average molecular weight is 285 g/mol. The largest absolute Gasteiger partial charge is 0.374 e. The van der Waals surface area contributed by atoms with Crippen LogP contribution >= 0.6 is 11.6 Å². The summed E-state index contributed by atoms with van der Waals surface area (Å²) in [5, 5.41) is 2.88. The second-order valence-corrected chi connectivity index (χ2v) is 5.29. The molecule has 0 aromatic heterocycles. The van der Waals surface area contributed by atoms with E-state index in [0.717, 1.165) is 19.4 Å². The van der Waals surface area contributed by atoms with Crippen LogP contribution in [-0.2, 0) is 4.79 Å². The molecule has 104 valence electrons. The number of carbonyl (C=O) groups is 1. The molecule has 0 bridgehead atoms. The average Bonchev–Trinajstić information content (AvgIpc) is 2.40. The Kier molecular flexibility index (Phi) is 4.64. The maximum atomic E-state index is 13.7. The number of benzene rings is 1. The van der Waals surface area contributed by atoms with Gasteiger partial charge in [0.25, 0.3) is 0 Å². The smallest absolute Gasteiger partial charge is 0.242 e. The lowest BCUT2D eigenvalue weighted by Gasteiger charge is -2.33. The van der Waals surface area contributed by atoms with Crippen molar-refractivity contribution in [3.05, 3.63) is 29.0 Å². The number of amides is 1. The molecular weight excluding hydrogens is 267 g/mol. The van der Waals surface area contributed by atoms with Gasteiger partial charge in [-0.25, -0.2) is 4.39 Å². The van der Waals surface area contributed by atoms with Crippen LogP contribution in [0.2, 0.25) is 5.02 Å². The Morgan fingerprint density at radius 3 is 3.05 bits per heavy atom. The Bertz CT molecular complexity index is 467. The molecule has 1 aromatic carbocycles. The molecule has 1 atom stereocenters. The van der Waals surface area contributed by atoms with Gasteiger partial charge in [0.2, 0.25) is 5.91 Å². The van der Waals surface area contributed by atoms with E-state index in [1.165, 1.54) is 12.5 Å². The molecule has 3 nitrogen and oxygen atoms in total. The van der Waals surface area contributed by atoms with E-state index in [1.807, 2.05) is 4.90 Å². The number of nitrogens with one attached hydrogen (secondary N) is 1. The number of hydrogen-bond donors (Lipinski definition) is 1. The maximum Gasteiger partial charge on any atom is 0.242 e. The molecule has 1 aliphatic rings. The number of anilines is 1. The molecule has 1 amide bonds. The molecule has 0 spiro atoms. The first-order chi connectivity index (χ1) is 9.09. The van der Waals surface area contributed by atoms with E-state index in [0.29, 0.717) is 0 Å². The SMILES string of the molecule is CC1CCCCN1C(=O)CNc1cccc(Cl)c1F. The van der Waals surface area contributed by atoms with Crippen LogP contribution in [-0.4, -0.2) is 29.9 Å². The van der Waals surface area contributed by atoms with E-state index < -0.39 is 5.82 Å².